The Hall–Kier alpha value is -0.840. The summed E-state index contributed by atoms with van der Waals surface area (Å²) < 4.78 is 25.3. The van der Waals surface area contributed by atoms with Crippen LogP contribution in [0.4, 0.5) is 8.78 Å². The average Bonchev–Trinajstić information content (AvgIpc) is 2.60. The zero-order valence-electron chi connectivity index (χ0n) is 15.3. The molecule has 2 aliphatic carbocycles. The second-order valence-corrected chi connectivity index (χ2v) is 7.87. The van der Waals surface area contributed by atoms with E-state index in [1.54, 1.807) is 0 Å². The number of unbranched alkanes of at least 4 members (excludes halogenated alkanes) is 2. The topological polar surface area (TPSA) is 0 Å². The lowest BCUT2D eigenvalue weighted by Crippen LogP contribution is -2.19. The maximum atomic E-state index is 12.6. The first-order valence-electron chi connectivity index (χ1n) is 10.1. The van der Waals surface area contributed by atoms with E-state index in [0.717, 1.165) is 18.8 Å². The normalized spacial score (nSPS) is 31.2. The quantitative estimate of drug-likeness (QED) is 0.362. The van der Waals surface area contributed by atoms with Crippen LogP contribution in [0.15, 0.2) is 12.2 Å². The van der Waals surface area contributed by atoms with Crippen LogP contribution < -0.4 is 0 Å². The molecule has 0 bridgehead atoms. The Kier molecular flexibility index (Phi) is 8.86. The fourth-order valence-electron chi connectivity index (χ4n) is 4.22. The van der Waals surface area contributed by atoms with Gasteiger partial charge in [0.15, 0.2) is 0 Å². The highest BCUT2D eigenvalue weighted by molar-refractivity contribution is 5.18. The van der Waals surface area contributed by atoms with Crippen LogP contribution in [0.3, 0.4) is 0 Å². The third-order valence-electron chi connectivity index (χ3n) is 5.97. The van der Waals surface area contributed by atoms with E-state index in [2.05, 4.69) is 24.8 Å². The smallest absolute Gasteiger partial charge is 0.210 e. The molecule has 0 amide bonds. The van der Waals surface area contributed by atoms with Gasteiger partial charge in [0, 0.05) is 11.8 Å². The van der Waals surface area contributed by atoms with Gasteiger partial charge >= 0.3 is 0 Å². The summed E-state index contributed by atoms with van der Waals surface area (Å²) in [5.41, 5.74) is 0. The highest BCUT2D eigenvalue weighted by Crippen LogP contribution is 2.33. The molecular weight excluding hydrogens is 302 g/mol. The zero-order chi connectivity index (χ0) is 17.2. The minimum atomic E-state index is -2.14. The van der Waals surface area contributed by atoms with E-state index in [1.165, 1.54) is 51.4 Å². The van der Waals surface area contributed by atoms with E-state index in [-0.39, 0.29) is 5.92 Å². The molecule has 0 aromatic rings. The summed E-state index contributed by atoms with van der Waals surface area (Å²) in [6.45, 7) is 2.27. The SMILES string of the molecule is CCCCC[C@H]1CC[C@H](C=CC#C[C@H]2CC[C@H](C(F)F)CC2)CC1. The number of alkyl halides is 2. The second-order valence-electron chi connectivity index (χ2n) is 7.87. The molecule has 2 fully saturated rings. The summed E-state index contributed by atoms with van der Waals surface area (Å²) in [5.74, 6) is 8.07. The van der Waals surface area contributed by atoms with Gasteiger partial charge in [-0.2, -0.15) is 0 Å². The lowest BCUT2D eigenvalue weighted by molar-refractivity contribution is 0.0513. The molecule has 0 spiro atoms. The molecule has 0 saturated heterocycles. The van der Waals surface area contributed by atoms with Crippen molar-refractivity contribution in [3.05, 3.63) is 12.2 Å². The molecule has 2 heteroatoms. The van der Waals surface area contributed by atoms with Gasteiger partial charge in [-0.3, -0.25) is 0 Å². The average molecular weight is 337 g/mol. The number of hydrogen-bond acceptors (Lipinski definition) is 0. The van der Waals surface area contributed by atoms with Gasteiger partial charge in [-0.15, -0.1) is 0 Å². The van der Waals surface area contributed by atoms with Crippen molar-refractivity contribution in [3.8, 4) is 11.8 Å². The highest BCUT2D eigenvalue weighted by atomic mass is 19.3. The molecule has 0 unspecified atom stereocenters. The summed E-state index contributed by atoms with van der Waals surface area (Å²) >= 11 is 0. The third kappa shape index (κ3) is 6.96. The Balaban J connectivity index is 1.62. The molecule has 0 aromatic carbocycles. The van der Waals surface area contributed by atoms with Gasteiger partial charge in [0.25, 0.3) is 0 Å². The molecule has 2 saturated carbocycles. The molecule has 0 heterocycles. The van der Waals surface area contributed by atoms with Crippen LogP contribution in [0.25, 0.3) is 0 Å². The predicted molar refractivity (Wildman–Crippen MR) is 98.0 cm³/mol. The minimum Gasteiger partial charge on any atom is -0.210 e. The van der Waals surface area contributed by atoms with E-state index < -0.39 is 6.43 Å². The summed E-state index contributed by atoms with van der Waals surface area (Å²) in [6.07, 6.45) is 16.1. The first kappa shape index (κ1) is 19.5. The van der Waals surface area contributed by atoms with Crippen LogP contribution in [0.5, 0.6) is 0 Å². The van der Waals surface area contributed by atoms with Gasteiger partial charge in [-0.05, 0) is 69.3 Å². The Morgan fingerprint density at radius 1 is 0.958 bits per heavy atom. The molecule has 2 aliphatic rings. The van der Waals surface area contributed by atoms with E-state index in [0.29, 0.717) is 24.7 Å². The number of allylic oxidation sites excluding steroid dienone is 2. The Bertz CT molecular complexity index is 413. The molecular formula is C22H34F2. The molecule has 0 N–H and O–H groups in total. The van der Waals surface area contributed by atoms with Crippen LogP contribution in [0, 0.1) is 35.5 Å². The van der Waals surface area contributed by atoms with Gasteiger partial charge in [-0.1, -0.05) is 50.5 Å². The van der Waals surface area contributed by atoms with Crippen LogP contribution in [0.1, 0.15) is 84.0 Å². The predicted octanol–water partition coefficient (Wildman–Crippen LogP) is 7.00. The molecule has 0 aliphatic heterocycles. The lowest BCUT2D eigenvalue weighted by Gasteiger charge is -2.26. The molecule has 0 radical (unpaired) electrons. The Morgan fingerprint density at radius 2 is 1.67 bits per heavy atom. The van der Waals surface area contributed by atoms with Crippen molar-refractivity contribution >= 4 is 0 Å². The van der Waals surface area contributed by atoms with Crippen molar-refractivity contribution in [1.29, 1.82) is 0 Å². The Labute approximate surface area is 147 Å². The van der Waals surface area contributed by atoms with Gasteiger partial charge in [0.1, 0.15) is 0 Å². The number of halogens is 2. The lowest BCUT2D eigenvalue weighted by atomic mass is 9.79. The zero-order valence-corrected chi connectivity index (χ0v) is 15.3. The molecule has 0 atom stereocenters. The van der Waals surface area contributed by atoms with E-state index in [4.69, 9.17) is 0 Å². The summed E-state index contributed by atoms with van der Waals surface area (Å²) in [4.78, 5) is 0. The van der Waals surface area contributed by atoms with Gasteiger partial charge < -0.3 is 0 Å². The summed E-state index contributed by atoms with van der Waals surface area (Å²) in [7, 11) is 0. The van der Waals surface area contributed by atoms with Gasteiger partial charge in [-0.25, -0.2) is 8.78 Å². The molecule has 0 aromatic heterocycles. The van der Waals surface area contributed by atoms with Crippen molar-refractivity contribution in [1.82, 2.24) is 0 Å². The molecule has 136 valence electrons. The second kappa shape index (κ2) is 10.9. The molecule has 24 heavy (non-hydrogen) atoms. The van der Waals surface area contributed by atoms with Gasteiger partial charge in [0.2, 0.25) is 6.43 Å². The van der Waals surface area contributed by atoms with E-state index in [9.17, 15) is 8.78 Å². The molecule has 2 rings (SSSR count). The van der Waals surface area contributed by atoms with Crippen molar-refractivity contribution in [2.75, 3.05) is 0 Å². The fraction of sp³-hybridized carbons (Fsp3) is 0.818. The van der Waals surface area contributed by atoms with Crippen LogP contribution >= 0.6 is 0 Å². The largest absolute Gasteiger partial charge is 0.241 e. The standard InChI is InChI=1S/C22H34F2/c1-2-3-4-7-18-10-12-19(13-11-18)8-5-6-9-20-14-16-21(17-15-20)22(23)24/h5,8,18-22H,2-4,7,10-17H2,1H3/t18-,19-,20-,21-. The minimum absolute atomic E-state index is 0.332. The van der Waals surface area contributed by atoms with Crippen molar-refractivity contribution in [2.45, 2.75) is 90.4 Å². The van der Waals surface area contributed by atoms with Crippen LogP contribution in [0.2, 0.25) is 0 Å². The first-order valence-corrected chi connectivity index (χ1v) is 10.1. The first-order chi connectivity index (χ1) is 11.7. The Morgan fingerprint density at radius 3 is 2.29 bits per heavy atom. The van der Waals surface area contributed by atoms with Crippen molar-refractivity contribution in [3.63, 3.8) is 0 Å². The number of hydrogen-bond donors (Lipinski definition) is 0. The summed E-state index contributed by atoms with van der Waals surface area (Å²) in [6, 6.07) is 0. The third-order valence-corrected chi connectivity index (χ3v) is 5.97. The molecule has 0 nitrogen and oxygen atoms in total. The monoisotopic (exact) mass is 336 g/mol. The maximum Gasteiger partial charge on any atom is 0.241 e. The van der Waals surface area contributed by atoms with Crippen LogP contribution in [-0.4, -0.2) is 6.43 Å². The van der Waals surface area contributed by atoms with Gasteiger partial charge in [0.05, 0.1) is 0 Å². The maximum absolute atomic E-state index is 12.6. The van der Waals surface area contributed by atoms with Crippen LogP contribution in [-0.2, 0) is 0 Å². The fourth-order valence-corrected chi connectivity index (χ4v) is 4.22. The van der Waals surface area contributed by atoms with E-state index in [1.807, 2.05) is 6.08 Å². The summed E-state index contributed by atoms with van der Waals surface area (Å²) in [5, 5.41) is 0. The van der Waals surface area contributed by atoms with Crippen molar-refractivity contribution < 1.29 is 8.78 Å². The van der Waals surface area contributed by atoms with E-state index >= 15 is 0 Å². The highest BCUT2D eigenvalue weighted by Gasteiger charge is 2.26. The van der Waals surface area contributed by atoms with Crippen molar-refractivity contribution in [2.24, 2.45) is 23.7 Å². The number of rotatable bonds is 6.